The second kappa shape index (κ2) is 8.55. The van der Waals surface area contributed by atoms with Crippen molar-refractivity contribution >= 4 is 23.6 Å². The first-order chi connectivity index (χ1) is 15.4. The Morgan fingerprint density at radius 2 is 1.75 bits per heavy atom. The van der Waals surface area contributed by atoms with E-state index in [1.807, 2.05) is 78.9 Å². The highest BCUT2D eigenvalue weighted by molar-refractivity contribution is 6.06. The fraction of sp³-hybridized carbons (Fsp3) is 0.160. The number of likely N-dealkylation sites (N-methyl/N-ethyl adjacent to an activating group) is 1. The van der Waals surface area contributed by atoms with Crippen LogP contribution < -0.4 is 16.4 Å². The Balaban J connectivity index is 1.56. The molecule has 162 valence electrons. The molecule has 4 rings (SSSR count). The third-order valence-electron chi connectivity index (χ3n) is 5.63. The van der Waals surface area contributed by atoms with Crippen molar-refractivity contribution in [3.8, 4) is 11.1 Å². The number of nitrogens with two attached hydrogens (primary N) is 1. The number of para-hydroxylation sites is 1. The number of anilines is 1. The van der Waals surface area contributed by atoms with E-state index < -0.39 is 5.54 Å². The zero-order valence-electron chi connectivity index (χ0n) is 18.0. The first-order valence-corrected chi connectivity index (χ1v) is 10.3. The molecule has 0 fully saturated rings. The number of hydrogen-bond acceptors (Lipinski definition) is 4. The van der Waals surface area contributed by atoms with Crippen LogP contribution in [0.25, 0.3) is 11.1 Å². The van der Waals surface area contributed by atoms with Crippen LogP contribution in [-0.4, -0.2) is 29.8 Å². The summed E-state index contributed by atoms with van der Waals surface area (Å²) in [5, 5.41) is 5.72. The quantitative estimate of drug-likeness (QED) is 0.579. The molecule has 4 N–H and O–H groups in total. The van der Waals surface area contributed by atoms with E-state index in [-0.39, 0.29) is 17.9 Å². The van der Waals surface area contributed by atoms with Crippen LogP contribution >= 0.6 is 0 Å². The molecule has 32 heavy (non-hydrogen) atoms. The van der Waals surface area contributed by atoms with Crippen molar-refractivity contribution in [2.45, 2.75) is 19.0 Å². The van der Waals surface area contributed by atoms with Gasteiger partial charge in [0.1, 0.15) is 0 Å². The molecule has 0 bridgehead atoms. The molecule has 7 nitrogen and oxygen atoms in total. The lowest BCUT2D eigenvalue weighted by Crippen LogP contribution is -2.38. The van der Waals surface area contributed by atoms with Crippen LogP contribution in [0.15, 0.2) is 83.9 Å². The normalized spacial score (nSPS) is 17.8. The molecule has 0 aromatic heterocycles. The number of carbonyl (C=O) groups excluding carboxylic acids is 2. The number of hydrogen-bond donors (Lipinski definition) is 3. The first kappa shape index (κ1) is 21.1. The number of rotatable bonds is 5. The average molecular weight is 428 g/mol. The van der Waals surface area contributed by atoms with Gasteiger partial charge in [0, 0.05) is 19.3 Å². The van der Waals surface area contributed by atoms with Crippen LogP contribution in [0, 0.1) is 0 Å². The van der Waals surface area contributed by atoms with Gasteiger partial charge in [0.25, 0.3) is 5.91 Å². The van der Waals surface area contributed by atoms with Crippen LogP contribution in [0.1, 0.15) is 18.1 Å². The van der Waals surface area contributed by atoms with E-state index in [1.165, 1.54) is 4.90 Å². The summed E-state index contributed by atoms with van der Waals surface area (Å²) in [5.74, 6) is 0.0385. The van der Waals surface area contributed by atoms with Gasteiger partial charge in [-0.15, -0.1) is 0 Å². The molecule has 1 unspecified atom stereocenters. The van der Waals surface area contributed by atoms with Gasteiger partial charge in [0.2, 0.25) is 0 Å². The van der Waals surface area contributed by atoms with Gasteiger partial charge in [-0.1, -0.05) is 60.7 Å². The minimum absolute atomic E-state index is 0.167. The molecule has 1 atom stereocenters. The van der Waals surface area contributed by atoms with Gasteiger partial charge in [-0.25, -0.2) is 9.79 Å². The number of carbonyl (C=O) groups is 2. The summed E-state index contributed by atoms with van der Waals surface area (Å²) in [6.45, 7) is 2.12. The molecule has 0 spiro atoms. The standard InChI is InChI=1S/C25H25N5O2/c1-25(22(31)30(2)23(26)29-25)19-11-8-10-17(15-19)21-14-7-6-9-18(21)16-27-24(32)28-20-12-4-3-5-13-20/h3-15H,16H2,1-2H3,(H2,26,29)(H2,27,28,32). The van der Waals surface area contributed by atoms with Crippen LogP contribution in [0.4, 0.5) is 10.5 Å². The van der Waals surface area contributed by atoms with Crippen molar-refractivity contribution in [3.05, 3.63) is 90.0 Å². The van der Waals surface area contributed by atoms with E-state index in [0.29, 0.717) is 6.54 Å². The maximum Gasteiger partial charge on any atom is 0.319 e. The summed E-state index contributed by atoms with van der Waals surface area (Å²) in [7, 11) is 1.62. The van der Waals surface area contributed by atoms with E-state index >= 15 is 0 Å². The lowest BCUT2D eigenvalue weighted by molar-refractivity contribution is -0.130. The van der Waals surface area contributed by atoms with Gasteiger partial charge < -0.3 is 16.4 Å². The van der Waals surface area contributed by atoms with E-state index in [1.54, 1.807) is 14.0 Å². The Kier molecular flexibility index (Phi) is 5.64. The maximum atomic E-state index is 12.8. The second-order valence-corrected chi connectivity index (χ2v) is 7.82. The highest BCUT2D eigenvalue weighted by Gasteiger charge is 2.43. The zero-order valence-corrected chi connectivity index (χ0v) is 18.0. The Hall–Kier alpha value is -4.13. The third kappa shape index (κ3) is 4.05. The molecule has 1 heterocycles. The van der Waals surface area contributed by atoms with Gasteiger partial charge in [-0.2, -0.15) is 0 Å². The van der Waals surface area contributed by atoms with Crippen molar-refractivity contribution in [1.29, 1.82) is 0 Å². The predicted molar refractivity (Wildman–Crippen MR) is 126 cm³/mol. The molecule has 0 aliphatic carbocycles. The van der Waals surface area contributed by atoms with Crippen molar-refractivity contribution in [2.24, 2.45) is 10.7 Å². The fourth-order valence-electron chi connectivity index (χ4n) is 3.79. The summed E-state index contributed by atoms with van der Waals surface area (Å²) in [6.07, 6.45) is 0. The van der Waals surface area contributed by atoms with Crippen LogP contribution in [0.5, 0.6) is 0 Å². The van der Waals surface area contributed by atoms with Crippen LogP contribution in [0.3, 0.4) is 0 Å². The first-order valence-electron chi connectivity index (χ1n) is 10.3. The highest BCUT2D eigenvalue weighted by atomic mass is 16.2. The number of benzene rings is 3. The topological polar surface area (TPSA) is 99.8 Å². The molecule has 0 saturated carbocycles. The summed E-state index contributed by atoms with van der Waals surface area (Å²) >= 11 is 0. The number of nitrogens with one attached hydrogen (secondary N) is 2. The van der Waals surface area contributed by atoms with Crippen LogP contribution in [-0.2, 0) is 16.9 Å². The van der Waals surface area contributed by atoms with Crippen molar-refractivity contribution < 1.29 is 9.59 Å². The number of nitrogens with zero attached hydrogens (tertiary/aromatic N) is 2. The number of aliphatic imine (C=N–C) groups is 1. The number of amides is 3. The van der Waals surface area contributed by atoms with Gasteiger partial charge in [0.15, 0.2) is 11.5 Å². The minimum Gasteiger partial charge on any atom is -0.369 e. The molecule has 3 aromatic rings. The lowest BCUT2D eigenvalue weighted by atomic mass is 9.89. The second-order valence-electron chi connectivity index (χ2n) is 7.82. The van der Waals surface area contributed by atoms with Gasteiger partial charge >= 0.3 is 6.03 Å². The minimum atomic E-state index is -1.06. The van der Waals surface area contributed by atoms with E-state index in [0.717, 1.165) is 27.9 Å². The summed E-state index contributed by atoms with van der Waals surface area (Å²) in [5.41, 5.74) is 9.17. The Labute approximate surface area is 187 Å². The van der Waals surface area contributed by atoms with Crippen molar-refractivity contribution in [3.63, 3.8) is 0 Å². The SMILES string of the molecule is CN1C(=O)C(C)(c2cccc(-c3ccccc3CNC(=O)Nc3ccccc3)c2)N=C1N. The summed E-state index contributed by atoms with van der Waals surface area (Å²) < 4.78 is 0. The highest BCUT2D eigenvalue weighted by Crippen LogP contribution is 2.34. The van der Waals surface area contributed by atoms with E-state index in [9.17, 15) is 9.59 Å². The smallest absolute Gasteiger partial charge is 0.319 e. The van der Waals surface area contributed by atoms with Crippen molar-refractivity contribution in [2.75, 3.05) is 12.4 Å². The zero-order chi connectivity index (χ0) is 22.7. The van der Waals surface area contributed by atoms with Crippen LogP contribution in [0.2, 0.25) is 0 Å². The molecule has 7 heteroatoms. The third-order valence-corrected chi connectivity index (χ3v) is 5.63. The number of guanidine groups is 1. The molecule has 0 saturated heterocycles. The van der Waals surface area contributed by atoms with E-state index in [4.69, 9.17) is 5.73 Å². The molecule has 3 amide bonds. The lowest BCUT2D eigenvalue weighted by Gasteiger charge is -2.21. The molecule has 1 aliphatic heterocycles. The fourth-order valence-corrected chi connectivity index (χ4v) is 3.79. The monoisotopic (exact) mass is 427 g/mol. The van der Waals surface area contributed by atoms with Gasteiger partial charge in [-0.05, 0) is 47.4 Å². The molecule has 3 aromatic carbocycles. The Morgan fingerprint density at radius 1 is 1.03 bits per heavy atom. The molecular weight excluding hydrogens is 402 g/mol. The summed E-state index contributed by atoms with van der Waals surface area (Å²) in [6, 6.07) is 24.6. The average Bonchev–Trinajstić information content (AvgIpc) is 3.02. The largest absolute Gasteiger partial charge is 0.369 e. The molecule has 0 radical (unpaired) electrons. The maximum absolute atomic E-state index is 12.8. The van der Waals surface area contributed by atoms with Crippen molar-refractivity contribution in [1.82, 2.24) is 10.2 Å². The predicted octanol–water partition coefficient (Wildman–Crippen LogP) is 3.68. The Morgan fingerprint density at radius 3 is 2.47 bits per heavy atom. The molecule has 1 aliphatic rings. The Bertz CT molecular complexity index is 1190. The number of urea groups is 1. The molecular formula is C25H25N5O2. The van der Waals surface area contributed by atoms with Gasteiger partial charge in [0.05, 0.1) is 0 Å². The van der Waals surface area contributed by atoms with Gasteiger partial charge in [-0.3, -0.25) is 9.69 Å². The summed E-state index contributed by atoms with van der Waals surface area (Å²) in [4.78, 5) is 30.9. The van der Waals surface area contributed by atoms with E-state index in [2.05, 4.69) is 15.6 Å².